The van der Waals surface area contributed by atoms with E-state index in [0.29, 0.717) is 16.8 Å². The maximum absolute atomic E-state index is 12.9. The molecule has 2 aromatic carbocycles. The Morgan fingerprint density at radius 2 is 1.90 bits per heavy atom. The number of oxazole rings is 1. The van der Waals surface area contributed by atoms with Crippen LogP contribution in [0.25, 0.3) is 22.6 Å². The molecule has 2 N–H and O–H groups in total. The van der Waals surface area contributed by atoms with E-state index in [4.69, 9.17) is 10.2 Å². The molecule has 0 fully saturated rings. The van der Waals surface area contributed by atoms with Crippen molar-refractivity contribution in [3.05, 3.63) is 46.4 Å². The molecule has 1 aromatic heterocycles. The van der Waals surface area contributed by atoms with Crippen molar-refractivity contribution in [1.29, 1.82) is 0 Å². The molecule has 0 aliphatic rings. The number of aromatic nitrogens is 1. The van der Waals surface area contributed by atoms with E-state index >= 15 is 0 Å². The molecule has 0 spiro atoms. The van der Waals surface area contributed by atoms with Crippen LogP contribution in [-0.2, 0) is 6.18 Å². The summed E-state index contributed by atoms with van der Waals surface area (Å²) in [5.41, 5.74) is 6.49. The number of nitrogens with zero attached hydrogens (tertiary/aromatic N) is 1. The molecule has 0 atom stereocenters. The fourth-order valence-corrected chi connectivity index (χ4v) is 2.44. The van der Waals surface area contributed by atoms with Crippen LogP contribution >= 0.6 is 15.9 Å². The highest BCUT2D eigenvalue weighted by atomic mass is 79.9. The predicted molar refractivity (Wildman–Crippen MR) is 76.6 cm³/mol. The minimum Gasteiger partial charge on any atom is -0.436 e. The zero-order chi connectivity index (χ0) is 15.2. The molecule has 0 saturated carbocycles. The Hall–Kier alpha value is -2.02. The summed E-state index contributed by atoms with van der Waals surface area (Å²) in [5, 5.41) is 0. The number of alkyl halides is 3. The third-order valence-corrected chi connectivity index (χ3v) is 3.66. The number of hydrogen-bond acceptors (Lipinski definition) is 3. The highest BCUT2D eigenvalue weighted by Crippen LogP contribution is 2.37. The Kier molecular flexibility index (Phi) is 3.16. The van der Waals surface area contributed by atoms with Gasteiger partial charge in [0.05, 0.1) is 11.3 Å². The predicted octanol–water partition coefficient (Wildman–Crippen LogP) is 4.86. The lowest BCUT2D eigenvalue weighted by molar-refractivity contribution is -0.138. The number of fused-ring (bicyclic) bond motifs is 1. The Labute approximate surface area is 125 Å². The van der Waals surface area contributed by atoms with Gasteiger partial charge in [-0.1, -0.05) is 22.0 Å². The van der Waals surface area contributed by atoms with Gasteiger partial charge in [0.25, 0.3) is 0 Å². The fourth-order valence-electron chi connectivity index (χ4n) is 1.97. The van der Waals surface area contributed by atoms with Crippen LogP contribution in [0.1, 0.15) is 5.56 Å². The number of para-hydroxylation sites is 1. The molecule has 3 nitrogen and oxygen atoms in total. The van der Waals surface area contributed by atoms with Gasteiger partial charge in [-0.3, -0.25) is 0 Å². The molecular weight excluding hydrogens is 349 g/mol. The van der Waals surface area contributed by atoms with E-state index in [1.54, 1.807) is 18.2 Å². The minimum absolute atomic E-state index is 0.0330. The molecule has 7 heteroatoms. The van der Waals surface area contributed by atoms with Crippen molar-refractivity contribution in [3.8, 4) is 11.5 Å². The molecule has 3 aromatic rings. The fraction of sp³-hybridized carbons (Fsp3) is 0.0714. The lowest BCUT2D eigenvalue weighted by Crippen LogP contribution is -2.06. The average molecular weight is 357 g/mol. The van der Waals surface area contributed by atoms with E-state index in [-0.39, 0.29) is 15.9 Å². The molecule has 0 amide bonds. The van der Waals surface area contributed by atoms with Gasteiger partial charge < -0.3 is 10.2 Å². The van der Waals surface area contributed by atoms with Gasteiger partial charge in [0, 0.05) is 10.0 Å². The molecule has 3 rings (SSSR count). The van der Waals surface area contributed by atoms with Gasteiger partial charge in [-0.15, -0.1) is 0 Å². The third kappa shape index (κ3) is 2.49. The molecule has 108 valence electrons. The second kappa shape index (κ2) is 4.77. The highest BCUT2D eigenvalue weighted by Gasteiger charge is 2.33. The van der Waals surface area contributed by atoms with Gasteiger partial charge in [-0.2, -0.15) is 13.2 Å². The maximum Gasteiger partial charge on any atom is 0.417 e. The van der Waals surface area contributed by atoms with Crippen LogP contribution < -0.4 is 5.73 Å². The molecule has 0 radical (unpaired) electrons. The van der Waals surface area contributed by atoms with Crippen LogP contribution in [0.2, 0.25) is 0 Å². The monoisotopic (exact) mass is 356 g/mol. The maximum atomic E-state index is 12.9. The number of halogens is 4. The summed E-state index contributed by atoms with van der Waals surface area (Å²) in [6.45, 7) is 0. The van der Waals surface area contributed by atoms with Crippen molar-refractivity contribution in [3.63, 3.8) is 0 Å². The zero-order valence-corrected chi connectivity index (χ0v) is 12.0. The molecule has 0 saturated heterocycles. The lowest BCUT2D eigenvalue weighted by atomic mass is 10.1. The SMILES string of the molecule is Nc1cccc2oc(-c3ccc(Br)c(C(F)(F)F)c3)nc12. The smallest absolute Gasteiger partial charge is 0.417 e. The number of nitrogen functional groups attached to an aromatic ring is 1. The van der Waals surface area contributed by atoms with Crippen molar-refractivity contribution >= 4 is 32.7 Å². The van der Waals surface area contributed by atoms with Crippen LogP contribution in [0, 0.1) is 0 Å². The van der Waals surface area contributed by atoms with E-state index in [9.17, 15) is 13.2 Å². The third-order valence-electron chi connectivity index (χ3n) is 2.97. The number of benzene rings is 2. The van der Waals surface area contributed by atoms with Crippen LogP contribution in [0.3, 0.4) is 0 Å². The summed E-state index contributed by atoms with van der Waals surface area (Å²) in [6.07, 6.45) is -4.46. The number of hydrogen-bond donors (Lipinski definition) is 1. The van der Waals surface area contributed by atoms with Crippen LogP contribution in [0.5, 0.6) is 0 Å². The first-order valence-corrected chi connectivity index (χ1v) is 6.68. The van der Waals surface area contributed by atoms with Gasteiger partial charge in [-0.05, 0) is 30.3 Å². The minimum atomic E-state index is -4.46. The van der Waals surface area contributed by atoms with E-state index < -0.39 is 11.7 Å². The molecule has 21 heavy (non-hydrogen) atoms. The number of rotatable bonds is 1. The van der Waals surface area contributed by atoms with Gasteiger partial charge in [-0.25, -0.2) is 4.98 Å². The second-order valence-corrected chi connectivity index (χ2v) is 5.26. The number of nitrogens with two attached hydrogens (primary N) is 1. The van der Waals surface area contributed by atoms with E-state index in [2.05, 4.69) is 20.9 Å². The van der Waals surface area contributed by atoms with Crippen molar-refractivity contribution < 1.29 is 17.6 Å². The molecule has 0 aliphatic heterocycles. The van der Waals surface area contributed by atoms with Crippen molar-refractivity contribution in [2.24, 2.45) is 0 Å². The van der Waals surface area contributed by atoms with E-state index in [1.807, 2.05) is 0 Å². The Morgan fingerprint density at radius 3 is 2.57 bits per heavy atom. The van der Waals surface area contributed by atoms with E-state index in [1.165, 1.54) is 12.1 Å². The molecule has 0 unspecified atom stereocenters. The first-order valence-electron chi connectivity index (χ1n) is 5.88. The summed E-state index contributed by atoms with van der Waals surface area (Å²) in [5.74, 6) is 0.0981. The molecular formula is C14H8BrF3N2O. The first kappa shape index (κ1) is 13.9. The summed E-state index contributed by atoms with van der Waals surface area (Å²) in [4.78, 5) is 4.16. The van der Waals surface area contributed by atoms with Crippen molar-refractivity contribution in [1.82, 2.24) is 4.98 Å². The molecule has 1 heterocycles. The average Bonchev–Trinajstić information content (AvgIpc) is 2.83. The van der Waals surface area contributed by atoms with Gasteiger partial charge in [0.15, 0.2) is 5.58 Å². The molecule has 0 bridgehead atoms. The van der Waals surface area contributed by atoms with E-state index in [0.717, 1.165) is 6.07 Å². The first-order chi connectivity index (χ1) is 9.86. The topological polar surface area (TPSA) is 52.0 Å². The van der Waals surface area contributed by atoms with Crippen molar-refractivity contribution in [2.75, 3.05) is 5.73 Å². The number of anilines is 1. The van der Waals surface area contributed by atoms with Crippen LogP contribution in [0.4, 0.5) is 18.9 Å². The highest BCUT2D eigenvalue weighted by molar-refractivity contribution is 9.10. The summed E-state index contributed by atoms with van der Waals surface area (Å²) >= 11 is 2.89. The van der Waals surface area contributed by atoms with Gasteiger partial charge >= 0.3 is 6.18 Å². The van der Waals surface area contributed by atoms with Gasteiger partial charge in [0.2, 0.25) is 5.89 Å². The second-order valence-electron chi connectivity index (χ2n) is 4.41. The van der Waals surface area contributed by atoms with Crippen LogP contribution in [0.15, 0.2) is 45.3 Å². The standard InChI is InChI=1S/C14H8BrF3N2O/c15-9-5-4-7(6-8(9)14(16,17)18)13-20-12-10(19)2-1-3-11(12)21-13/h1-6H,19H2. The quantitative estimate of drug-likeness (QED) is 0.633. The summed E-state index contributed by atoms with van der Waals surface area (Å²) in [6, 6.07) is 8.81. The molecule has 0 aliphatic carbocycles. The Bertz CT molecular complexity index is 827. The normalized spacial score (nSPS) is 12.0. The summed E-state index contributed by atoms with van der Waals surface area (Å²) < 4.78 is 44.2. The van der Waals surface area contributed by atoms with Crippen LogP contribution in [-0.4, -0.2) is 4.98 Å². The lowest BCUT2D eigenvalue weighted by Gasteiger charge is -2.09. The van der Waals surface area contributed by atoms with Crippen molar-refractivity contribution in [2.45, 2.75) is 6.18 Å². The Morgan fingerprint density at radius 1 is 1.14 bits per heavy atom. The largest absolute Gasteiger partial charge is 0.436 e. The van der Waals surface area contributed by atoms with Gasteiger partial charge in [0.1, 0.15) is 5.52 Å². The summed E-state index contributed by atoms with van der Waals surface area (Å²) in [7, 11) is 0. The zero-order valence-electron chi connectivity index (χ0n) is 10.4. The Balaban J connectivity index is 2.17.